The molecule has 100 valence electrons. The molecule has 1 saturated carbocycles. The van der Waals surface area contributed by atoms with E-state index in [4.69, 9.17) is 5.11 Å². The molecule has 1 N–H and O–H groups in total. The summed E-state index contributed by atoms with van der Waals surface area (Å²) in [5.74, 6) is -0.756. The van der Waals surface area contributed by atoms with Crippen molar-refractivity contribution < 1.29 is 18.3 Å². The predicted molar refractivity (Wildman–Crippen MR) is 70.6 cm³/mol. The van der Waals surface area contributed by atoms with Crippen molar-refractivity contribution in [3.8, 4) is 0 Å². The molecule has 1 fully saturated rings. The number of aliphatic carboxylic acids is 1. The van der Waals surface area contributed by atoms with Crippen molar-refractivity contribution in [2.24, 2.45) is 5.41 Å². The van der Waals surface area contributed by atoms with Crippen LogP contribution in [0.3, 0.4) is 0 Å². The number of aryl methyl sites for hydroxylation is 1. The van der Waals surface area contributed by atoms with Gasteiger partial charge in [-0.2, -0.15) is 0 Å². The molecule has 1 aliphatic rings. The highest BCUT2D eigenvalue weighted by molar-refractivity contribution is 7.91. The van der Waals surface area contributed by atoms with E-state index in [1.807, 2.05) is 17.5 Å². The SMILES string of the molecule is O=C(O)CC1(CS(=O)(=O)CCc2cccs2)CC1. The molecule has 6 heteroatoms. The van der Waals surface area contributed by atoms with Crippen molar-refractivity contribution in [2.45, 2.75) is 25.7 Å². The Labute approximate surface area is 111 Å². The number of carboxylic acid groups (broad SMARTS) is 1. The van der Waals surface area contributed by atoms with Crippen LogP contribution in [0, 0.1) is 5.41 Å². The third-order valence-corrected chi connectivity index (χ3v) is 6.06. The number of carboxylic acids is 1. The molecule has 0 saturated heterocycles. The van der Waals surface area contributed by atoms with Crippen molar-refractivity contribution in [1.82, 2.24) is 0 Å². The summed E-state index contributed by atoms with van der Waals surface area (Å²) < 4.78 is 23.9. The molecule has 1 heterocycles. The second-order valence-corrected chi connectivity index (χ2v) is 8.21. The Morgan fingerprint density at radius 1 is 1.44 bits per heavy atom. The summed E-state index contributed by atoms with van der Waals surface area (Å²) in [5, 5.41) is 10.7. The number of hydrogen-bond acceptors (Lipinski definition) is 4. The van der Waals surface area contributed by atoms with Crippen LogP contribution in [0.2, 0.25) is 0 Å². The third-order valence-electron chi connectivity index (χ3n) is 3.25. The Kier molecular flexibility index (Phi) is 3.77. The fraction of sp³-hybridized carbons (Fsp3) is 0.583. The number of thiophene rings is 1. The van der Waals surface area contributed by atoms with Crippen LogP contribution in [-0.4, -0.2) is 31.0 Å². The van der Waals surface area contributed by atoms with E-state index in [-0.39, 0.29) is 17.9 Å². The average molecular weight is 288 g/mol. The first-order valence-corrected chi connectivity index (χ1v) is 8.56. The number of carbonyl (C=O) groups is 1. The number of hydrogen-bond donors (Lipinski definition) is 1. The normalized spacial score (nSPS) is 17.6. The first-order valence-electron chi connectivity index (χ1n) is 5.85. The van der Waals surface area contributed by atoms with Gasteiger partial charge in [-0.3, -0.25) is 4.79 Å². The van der Waals surface area contributed by atoms with Gasteiger partial charge in [0, 0.05) is 4.88 Å². The molecule has 0 unspecified atom stereocenters. The predicted octanol–water partition coefficient (Wildman–Crippen LogP) is 1.96. The van der Waals surface area contributed by atoms with Crippen molar-refractivity contribution >= 4 is 27.1 Å². The second-order valence-electron chi connectivity index (χ2n) is 4.99. The molecule has 0 spiro atoms. The lowest BCUT2D eigenvalue weighted by atomic mass is 10.1. The lowest BCUT2D eigenvalue weighted by Crippen LogP contribution is -2.23. The van der Waals surface area contributed by atoms with Crippen LogP contribution in [0.15, 0.2) is 17.5 Å². The lowest BCUT2D eigenvalue weighted by molar-refractivity contribution is -0.138. The minimum absolute atomic E-state index is 0.0226. The lowest BCUT2D eigenvalue weighted by Gasteiger charge is -2.12. The van der Waals surface area contributed by atoms with Gasteiger partial charge >= 0.3 is 5.97 Å². The molecule has 18 heavy (non-hydrogen) atoms. The van der Waals surface area contributed by atoms with Crippen LogP contribution >= 0.6 is 11.3 Å². The van der Waals surface area contributed by atoms with E-state index in [1.165, 1.54) is 0 Å². The van der Waals surface area contributed by atoms with Crippen molar-refractivity contribution in [3.05, 3.63) is 22.4 Å². The highest BCUT2D eigenvalue weighted by Gasteiger charge is 2.47. The summed E-state index contributed by atoms with van der Waals surface area (Å²) in [7, 11) is -3.16. The molecule has 1 aromatic rings. The highest BCUT2D eigenvalue weighted by Crippen LogP contribution is 2.49. The maximum absolute atomic E-state index is 12.0. The Morgan fingerprint density at radius 3 is 2.67 bits per heavy atom. The van der Waals surface area contributed by atoms with Crippen LogP contribution in [0.1, 0.15) is 24.1 Å². The Morgan fingerprint density at radius 2 is 2.17 bits per heavy atom. The smallest absolute Gasteiger partial charge is 0.303 e. The monoisotopic (exact) mass is 288 g/mol. The summed E-state index contributed by atoms with van der Waals surface area (Å²) >= 11 is 1.55. The van der Waals surface area contributed by atoms with Gasteiger partial charge < -0.3 is 5.11 Å². The minimum Gasteiger partial charge on any atom is -0.481 e. The molecule has 2 rings (SSSR count). The third kappa shape index (κ3) is 3.81. The molecule has 0 aromatic carbocycles. The van der Waals surface area contributed by atoms with Gasteiger partial charge in [0.2, 0.25) is 0 Å². The fourth-order valence-corrected chi connectivity index (χ4v) is 4.96. The Bertz CT molecular complexity index is 512. The van der Waals surface area contributed by atoms with Crippen molar-refractivity contribution in [3.63, 3.8) is 0 Å². The fourth-order valence-electron chi connectivity index (χ4n) is 2.12. The van der Waals surface area contributed by atoms with Gasteiger partial charge in [0.15, 0.2) is 9.84 Å². The maximum atomic E-state index is 12.0. The average Bonchev–Trinajstić information content (AvgIpc) is 2.81. The van der Waals surface area contributed by atoms with Crippen molar-refractivity contribution in [2.75, 3.05) is 11.5 Å². The van der Waals surface area contributed by atoms with Gasteiger partial charge in [-0.05, 0) is 36.1 Å². The topological polar surface area (TPSA) is 71.4 Å². The quantitative estimate of drug-likeness (QED) is 0.832. The van der Waals surface area contributed by atoms with Crippen LogP contribution in [0.25, 0.3) is 0 Å². The van der Waals surface area contributed by atoms with E-state index in [1.54, 1.807) is 11.3 Å². The summed E-state index contributed by atoms with van der Waals surface area (Å²) in [6.45, 7) is 0. The first kappa shape index (κ1) is 13.5. The van der Waals surface area contributed by atoms with Gasteiger partial charge in [-0.1, -0.05) is 6.07 Å². The number of rotatable bonds is 7. The molecule has 0 aliphatic heterocycles. The standard InChI is InChI=1S/C12H16O4S2/c13-11(14)8-12(4-5-12)9-18(15,16)7-3-10-2-1-6-17-10/h1-2,6H,3-5,7-9H2,(H,13,14). The van der Waals surface area contributed by atoms with Crippen LogP contribution < -0.4 is 0 Å². The van der Waals surface area contributed by atoms with E-state index in [0.717, 1.165) is 17.7 Å². The zero-order valence-corrected chi connectivity index (χ0v) is 11.6. The van der Waals surface area contributed by atoms with E-state index in [9.17, 15) is 13.2 Å². The molecule has 1 aliphatic carbocycles. The molecule has 4 nitrogen and oxygen atoms in total. The van der Waals surface area contributed by atoms with Crippen molar-refractivity contribution in [1.29, 1.82) is 0 Å². The van der Waals surface area contributed by atoms with Gasteiger partial charge in [-0.15, -0.1) is 11.3 Å². The van der Waals surface area contributed by atoms with Gasteiger partial charge in [0.05, 0.1) is 17.9 Å². The molecule has 0 amide bonds. The van der Waals surface area contributed by atoms with Gasteiger partial charge in [0.1, 0.15) is 0 Å². The van der Waals surface area contributed by atoms with E-state index >= 15 is 0 Å². The highest BCUT2D eigenvalue weighted by atomic mass is 32.2. The molecule has 0 bridgehead atoms. The zero-order valence-electron chi connectivity index (χ0n) is 9.96. The van der Waals surface area contributed by atoms with E-state index in [0.29, 0.717) is 6.42 Å². The Hall–Kier alpha value is -0.880. The van der Waals surface area contributed by atoms with Crippen LogP contribution in [0.5, 0.6) is 0 Å². The summed E-state index contributed by atoms with van der Waals surface area (Å²) in [5.41, 5.74) is -0.472. The van der Waals surface area contributed by atoms with E-state index in [2.05, 4.69) is 0 Å². The molecule has 1 aromatic heterocycles. The van der Waals surface area contributed by atoms with Gasteiger partial charge in [-0.25, -0.2) is 8.42 Å². The summed E-state index contributed by atoms with van der Waals surface area (Å²) in [6.07, 6.45) is 1.95. The van der Waals surface area contributed by atoms with E-state index < -0.39 is 21.2 Å². The summed E-state index contributed by atoms with van der Waals surface area (Å²) in [4.78, 5) is 11.7. The maximum Gasteiger partial charge on any atom is 0.303 e. The molecule has 0 atom stereocenters. The second kappa shape index (κ2) is 5.01. The van der Waals surface area contributed by atoms with Crippen LogP contribution in [-0.2, 0) is 21.1 Å². The molecular weight excluding hydrogens is 272 g/mol. The largest absolute Gasteiger partial charge is 0.481 e. The Balaban J connectivity index is 1.89. The zero-order chi connectivity index (χ0) is 13.2. The van der Waals surface area contributed by atoms with Crippen LogP contribution in [0.4, 0.5) is 0 Å². The number of sulfone groups is 1. The minimum atomic E-state index is -3.16. The summed E-state index contributed by atoms with van der Waals surface area (Å²) in [6, 6.07) is 3.82. The first-order chi connectivity index (χ1) is 8.41. The molecular formula is C12H16O4S2. The van der Waals surface area contributed by atoms with Gasteiger partial charge in [0.25, 0.3) is 0 Å². The molecule has 0 radical (unpaired) electrons.